The Bertz CT molecular complexity index is 671. The molecule has 22 heavy (non-hydrogen) atoms. The molecule has 1 unspecified atom stereocenters. The number of hydrogen-bond acceptors (Lipinski definition) is 4. The van der Waals surface area contributed by atoms with Gasteiger partial charge in [0.25, 0.3) is 11.6 Å². The van der Waals surface area contributed by atoms with Crippen LogP contribution in [0.2, 0.25) is 0 Å². The first-order valence-electron chi connectivity index (χ1n) is 6.43. The second kappa shape index (κ2) is 7.04. The van der Waals surface area contributed by atoms with Gasteiger partial charge in [-0.1, -0.05) is 15.9 Å². The third kappa shape index (κ3) is 4.29. The number of ether oxygens (including phenoxy) is 1. The van der Waals surface area contributed by atoms with Crippen LogP contribution < -0.4 is 10.1 Å². The summed E-state index contributed by atoms with van der Waals surface area (Å²) in [5, 5.41) is 13.2. The number of nitrogens with one attached hydrogen (secondary N) is 1. The lowest BCUT2D eigenvalue weighted by Crippen LogP contribution is -2.30. The molecule has 1 amide bonds. The van der Waals surface area contributed by atoms with Crippen LogP contribution in [0, 0.1) is 10.1 Å². The Hall–Kier alpha value is -2.41. The molecule has 0 saturated heterocycles. The zero-order valence-corrected chi connectivity index (χ0v) is 13.2. The molecule has 0 saturated carbocycles. The lowest BCUT2D eigenvalue weighted by atomic mass is 10.2. The van der Waals surface area contributed by atoms with Crippen LogP contribution in [-0.4, -0.2) is 16.9 Å². The zero-order valence-electron chi connectivity index (χ0n) is 11.7. The molecule has 2 aromatic rings. The van der Waals surface area contributed by atoms with Crippen molar-refractivity contribution in [1.82, 2.24) is 0 Å². The summed E-state index contributed by atoms with van der Waals surface area (Å²) in [6, 6.07) is 12.7. The summed E-state index contributed by atoms with van der Waals surface area (Å²) < 4.78 is 6.44. The number of halogens is 1. The Morgan fingerprint density at radius 3 is 2.32 bits per heavy atom. The number of carbonyl (C=O) groups is 1. The van der Waals surface area contributed by atoms with E-state index in [2.05, 4.69) is 21.2 Å². The van der Waals surface area contributed by atoms with Gasteiger partial charge in [0.2, 0.25) is 0 Å². The monoisotopic (exact) mass is 364 g/mol. The van der Waals surface area contributed by atoms with Crippen LogP contribution in [0.25, 0.3) is 0 Å². The summed E-state index contributed by atoms with van der Waals surface area (Å²) in [6.07, 6.45) is -0.698. The Labute approximate surface area is 135 Å². The van der Waals surface area contributed by atoms with E-state index < -0.39 is 11.0 Å². The summed E-state index contributed by atoms with van der Waals surface area (Å²) in [5.41, 5.74) is 0.444. The van der Waals surface area contributed by atoms with Crippen LogP contribution in [0.4, 0.5) is 11.4 Å². The Kier molecular flexibility index (Phi) is 5.11. The van der Waals surface area contributed by atoms with E-state index in [0.29, 0.717) is 11.4 Å². The molecule has 0 fully saturated rings. The highest BCUT2D eigenvalue weighted by atomic mass is 79.9. The Balaban J connectivity index is 1.95. The first kappa shape index (κ1) is 16.0. The summed E-state index contributed by atoms with van der Waals surface area (Å²) in [6.45, 7) is 1.63. The normalized spacial score (nSPS) is 11.5. The van der Waals surface area contributed by atoms with Gasteiger partial charge in [-0.2, -0.15) is 0 Å². The molecule has 0 heterocycles. The van der Waals surface area contributed by atoms with E-state index in [4.69, 9.17) is 4.74 Å². The predicted molar refractivity (Wildman–Crippen MR) is 86.0 cm³/mol. The summed E-state index contributed by atoms with van der Waals surface area (Å²) >= 11 is 3.32. The molecule has 1 atom stereocenters. The van der Waals surface area contributed by atoms with Gasteiger partial charge >= 0.3 is 0 Å². The van der Waals surface area contributed by atoms with Gasteiger partial charge < -0.3 is 10.1 Å². The number of carbonyl (C=O) groups excluding carboxylic acids is 1. The van der Waals surface area contributed by atoms with E-state index in [1.54, 1.807) is 19.1 Å². The lowest BCUT2D eigenvalue weighted by Gasteiger charge is -2.14. The maximum atomic E-state index is 12.0. The van der Waals surface area contributed by atoms with Crippen LogP contribution in [0.1, 0.15) is 6.92 Å². The molecule has 0 spiro atoms. The molecule has 0 bridgehead atoms. The van der Waals surface area contributed by atoms with Crippen LogP contribution in [0.5, 0.6) is 5.75 Å². The van der Waals surface area contributed by atoms with Crippen molar-refractivity contribution in [3.8, 4) is 5.75 Å². The fraction of sp³-hybridized carbons (Fsp3) is 0.133. The maximum Gasteiger partial charge on any atom is 0.269 e. The maximum absolute atomic E-state index is 12.0. The van der Waals surface area contributed by atoms with Crippen molar-refractivity contribution >= 4 is 33.2 Å². The minimum Gasteiger partial charge on any atom is -0.481 e. The smallest absolute Gasteiger partial charge is 0.269 e. The highest BCUT2D eigenvalue weighted by Crippen LogP contribution is 2.19. The van der Waals surface area contributed by atoms with Crippen LogP contribution in [0.3, 0.4) is 0 Å². The molecule has 0 aliphatic carbocycles. The van der Waals surface area contributed by atoms with Gasteiger partial charge in [-0.15, -0.1) is 0 Å². The van der Waals surface area contributed by atoms with Gasteiger partial charge in [-0.25, -0.2) is 0 Å². The van der Waals surface area contributed by atoms with E-state index in [9.17, 15) is 14.9 Å². The van der Waals surface area contributed by atoms with E-state index in [-0.39, 0.29) is 11.6 Å². The van der Waals surface area contributed by atoms with E-state index in [1.165, 1.54) is 24.3 Å². The van der Waals surface area contributed by atoms with Gasteiger partial charge in [-0.05, 0) is 43.3 Å². The second-order valence-corrected chi connectivity index (χ2v) is 5.42. The predicted octanol–water partition coefficient (Wildman–Crippen LogP) is 3.76. The number of rotatable bonds is 5. The van der Waals surface area contributed by atoms with Gasteiger partial charge in [0.15, 0.2) is 6.10 Å². The number of non-ortho nitro benzene ring substituents is 1. The van der Waals surface area contributed by atoms with Crippen molar-refractivity contribution in [2.75, 3.05) is 5.32 Å². The third-order valence-corrected chi connectivity index (χ3v) is 3.37. The second-order valence-electron chi connectivity index (χ2n) is 4.51. The minimum atomic E-state index is -0.698. The molecule has 7 heteroatoms. The zero-order chi connectivity index (χ0) is 16.1. The largest absolute Gasteiger partial charge is 0.481 e. The summed E-state index contributed by atoms with van der Waals surface area (Å²) in [5.74, 6) is 0.242. The lowest BCUT2D eigenvalue weighted by molar-refractivity contribution is -0.384. The van der Waals surface area contributed by atoms with E-state index in [0.717, 1.165) is 4.47 Å². The molecule has 2 aromatic carbocycles. The van der Waals surface area contributed by atoms with Gasteiger partial charge in [0, 0.05) is 22.3 Å². The number of hydrogen-bond donors (Lipinski definition) is 1. The number of anilines is 1. The Morgan fingerprint density at radius 1 is 1.18 bits per heavy atom. The van der Waals surface area contributed by atoms with Crippen LogP contribution in [0.15, 0.2) is 53.0 Å². The average molecular weight is 365 g/mol. The number of benzene rings is 2. The summed E-state index contributed by atoms with van der Waals surface area (Å²) in [7, 11) is 0. The molecule has 1 N–H and O–H groups in total. The number of amides is 1. The van der Waals surface area contributed by atoms with Gasteiger partial charge in [-0.3, -0.25) is 14.9 Å². The molecule has 6 nitrogen and oxygen atoms in total. The molecule has 0 aromatic heterocycles. The Morgan fingerprint density at radius 2 is 1.77 bits per heavy atom. The number of nitro groups is 1. The molecule has 0 aliphatic rings. The first-order valence-corrected chi connectivity index (χ1v) is 7.22. The SMILES string of the molecule is CC(Oc1ccc(Br)cc1)C(=O)Nc1ccc([N+](=O)[O-])cc1. The van der Waals surface area contributed by atoms with Crippen molar-refractivity contribution in [2.24, 2.45) is 0 Å². The van der Waals surface area contributed by atoms with Crippen LogP contribution in [-0.2, 0) is 4.79 Å². The number of nitrogens with zero attached hydrogens (tertiary/aromatic N) is 1. The highest BCUT2D eigenvalue weighted by molar-refractivity contribution is 9.10. The van der Waals surface area contributed by atoms with E-state index >= 15 is 0 Å². The van der Waals surface area contributed by atoms with Gasteiger partial charge in [0.1, 0.15) is 5.75 Å². The molecule has 0 aliphatic heterocycles. The standard InChI is InChI=1S/C15H13BrN2O4/c1-10(22-14-8-2-11(16)3-9-14)15(19)17-12-4-6-13(7-5-12)18(20)21/h2-10H,1H3,(H,17,19). The summed E-state index contributed by atoms with van der Waals surface area (Å²) in [4.78, 5) is 22.1. The topological polar surface area (TPSA) is 81.5 Å². The fourth-order valence-corrected chi connectivity index (χ4v) is 1.95. The molecule has 114 valence electrons. The first-order chi connectivity index (χ1) is 10.5. The highest BCUT2D eigenvalue weighted by Gasteiger charge is 2.15. The van der Waals surface area contributed by atoms with Crippen molar-refractivity contribution in [1.29, 1.82) is 0 Å². The number of nitro benzene ring substituents is 1. The third-order valence-electron chi connectivity index (χ3n) is 2.84. The molecule has 0 radical (unpaired) electrons. The average Bonchev–Trinajstić information content (AvgIpc) is 2.50. The molecule has 2 rings (SSSR count). The van der Waals surface area contributed by atoms with Crippen LogP contribution >= 0.6 is 15.9 Å². The van der Waals surface area contributed by atoms with E-state index in [1.807, 2.05) is 12.1 Å². The quantitative estimate of drug-likeness (QED) is 0.646. The van der Waals surface area contributed by atoms with Crippen molar-refractivity contribution < 1.29 is 14.5 Å². The fourth-order valence-electron chi connectivity index (χ4n) is 1.68. The minimum absolute atomic E-state index is 0.0304. The van der Waals surface area contributed by atoms with Gasteiger partial charge in [0.05, 0.1) is 4.92 Å². The van der Waals surface area contributed by atoms with Crippen molar-refractivity contribution in [3.63, 3.8) is 0 Å². The van der Waals surface area contributed by atoms with Crippen molar-refractivity contribution in [3.05, 3.63) is 63.1 Å². The van der Waals surface area contributed by atoms with Crippen molar-refractivity contribution in [2.45, 2.75) is 13.0 Å². The molecular formula is C15H13BrN2O4. The molecular weight excluding hydrogens is 352 g/mol.